The molecule has 0 aliphatic carbocycles. The topological polar surface area (TPSA) is 64.6 Å². The van der Waals surface area contributed by atoms with Crippen LogP contribution in [0.4, 0.5) is 5.69 Å². The standard InChI is InChI=1S/C23H21NO4/c25-16-19-10-4-6-12-21(19)28-17-23(26)24-20-11-5-7-13-22(20)27-15-14-18-8-2-1-3-9-18/h1-13,16H,14-15,17H2,(H,24,26). The molecule has 1 N–H and O–H groups in total. The van der Waals surface area contributed by atoms with Gasteiger partial charge in [0.25, 0.3) is 5.91 Å². The molecule has 0 saturated carbocycles. The van der Waals surface area contributed by atoms with Gasteiger partial charge in [-0.25, -0.2) is 0 Å². The van der Waals surface area contributed by atoms with Crippen molar-refractivity contribution in [1.82, 2.24) is 0 Å². The lowest BCUT2D eigenvalue weighted by Gasteiger charge is -2.13. The molecule has 0 fully saturated rings. The van der Waals surface area contributed by atoms with Crippen LogP contribution in [0.15, 0.2) is 78.9 Å². The van der Waals surface area contributed by atoms with Crippen LogP contribution in [0.2, 0.25) is 0 Å². The summed E-state index contributed by atoms with van der Waals surface area (Å²) in [6.07, 6.45) is 1.47. The first-order chi connectivity index (χ1) is 13.8. The maximum absolute atomic E-state index is 12.3. The number of ether oxygens (including phenoxy) is 2. The highest BCUT2D eigenvalue weighted by molar-refractivity contribution is 5.93. The number of hydrogen-bond donors (Lipinski definition) is 1. The molecule has 3 rings (SSSR count). The van der Waals surface area contributed by atoms with Gasteiger partial charge in [0.05, 0.1) is 17.9 Å². The van der Waals surface area contributed by atoms with Crippen LogP contribution in [0.25, 0.3) is 0 Å². The molecule has 0 heterocycles. The Bertz CT molecular complexity index is 925. The zero-order valence-electron chi connectivity index (χ0n) is 15.3. The molecular weight excluding hydrogens is 354 g/mol. The quantitative estimate of drug-likeness (QED) is 0.571. The number of amides is 1. The van der Waals surface area contributed by atoms with E-state index in [1.54, 1.807) is 30.3 Å². The summed E-state index contributed by atoms with van der Waals surface area (Å²) >= 11 is 0. The van der Waals surface area contributed by atoms with Crippen LogP contribution in [-0.4, -0.2) is 25.4 Å². The normalized spacial score (nSPS) is 10.1. The third-order valence-corrected chi connectivity index (χ3v) is 4.06. The third kappa shape index (κ3) is 5.45. The Kier molecular flexibility index (Phi) is 6.79. The molecule has 1 amide bonds. The first kappa shape index (κ1) is 19.2. The van der Waals surface area contributed by atoms with Gasteiger partial charge in [0, 0.05) is 6.42 Å². The predicted octanol–water partition coefficient (Wildman–Crippen LogP) is 4.14. The first-order valence-electron chi connectivity index (χ1n) is 8.99. The number of benzene rings is 3. The van der Waals surface area contributed by atoms with Crippen LogP contribution < -0.4 is 14.8 Å². The molecule has 0 aliphatic rings. The Hall–Kier alpha value is -3.60. The van der Waals surface area contributed by atoms with Gasteiger partial charge in [-0.2, -0.15) is 0 Å². The molecule has 5 heteroatoms. The van der Waals surface area contributed by atoms with E-state index in [2.05, 4.69) is 5.32 Å². The van der Waals surface area contributed by atoms with Crippen LogP contribution in [0, 0.1) is 0 Å². The molecule has 0 aliphatic heterocycles. The minimum atomic E-state index is -0.334. The fourth-order valence-corrected chi connectivity index (χ4v) is 2.66. The number of anilines is 1. The maximum atomic E-state index is 12.3. The van der Waals surface area contributed by atoms with Crippen molar-refractivity contribution >= 4 is 17.9 Å². The first-order valence-corrected chi connectivity index (χ1v) is 8.99. The van der Waals surface area contributed by atoms with Gasteiger partial charge in [0.1, 0.15) is 11.5 Å². The summed E-state index contributed by atoms with van der Waals surface area (Å²) in [5, 5.41) is 2.79. The van der Waals surface area contributed by atoms with Gasteiger partial charge in [-0.15, -0.1) is 0 Å². The Balaban J connectivity index is 1.55. The van der Waals surface area contributed by atoms with Crippen LogP contribution >= 0.6 is 0 Å². The van der Waals surface area contributed by atoms with Gasteiger partial charge in [0.15, 0.2) is 12.9 Å². The molecule has 28 heavy (non-hydrogen) atoms. The summed E-state index contributed by atoms with van der Waals surface area (Å²) in [7, 11) is 0. The van der Waals surface area contributed by atoms with E-state index in [9.17, 15) is 9.59 Å². The monoisotopic (exact) mass is 375 g/mol. The minimum Gasteiger partial charge on any atom is -0.491 e. The average molecular weight is 375 g/mol. The molecule has 3 aromatic rings. The second-order valence-corrected chi connectivity index (χ2v) is 6.07. The summed E-state index contributed by atoms with van der Waals surface area (Å²) in [6, 6.07) is 24.1. The average Bonchev–Trinajstić information content (AvgIpc) is 2.74. The fourth-order valence-electron chi connectivity index (χ4n) is 2.66. The molecule has 0 saturated heterocycles. The van der Waals surface area contributed by atoms with Crippen molar-refractivity contribution in [3.63, 3.8) is 0 Å². The van der Waals surface area contributed by atoms with Crippen LogP contribution in [0.5, 0.6) is 11.5 Å². The molecule has 0 radical (unpaired) electrons. The molecule has 0 unspecified atom stereocenters. The van der Waals surface area contributed by atoms with Gasteiger partial charge in [0.2, 0.25) is 0 Å². The van der Waals surface area contributed by atoms with E-state index in [-0.39, 0.29) is 12.5 Å². The Morgan fingerprint density at radius 2 is 1.50 bits per heavy atom. The lowest BCUT2D eigenvalue weighted by molar-refractivity contribution is -0.118. The van der Waals surface area contributed by atoms with E-state index >= 15 is 0 Å². The van der Waals surface area contributed by atoms with Gasteiger partial charge in [-0.1, -0.05) is 54.6 Å². The number of hydrogen-bond acceptors (Lipinski definition) is 4. The zero-order valence-corrected chi connectivity index (χ0v) is 15.3. The van der Waals surface area contributed by atoms with Crippen molar-refractivity contribution < 1.29 is 19.1 Å². The lowest BCUT2D eigenvalue weighted by atomic mass is 10.2. The van der Waals surface area contributed by atoms with E-state index < -0.39 is 0 Å². The zero-order chi connectivity index (χ0) is 19.6. The highest BCUT2D eigenvalue weighted by atomic mass is 16.5. The van der Waals surface area contributed by atoms with E-state index in [1.165, 1.54) is 5.56 Å². The minimum absolute atomic E-state index is 0.205. The second-order valence-electron chi connectivity index (χ2n) is 6.07. The van der Waals surface area contributed by atoms with Crippen LogP contribution in [0.1, 0.15) is 15.9 Å². The Labute approximate surface area is 163 Å². The van der Waals surface area contributed by atoms with Crippen LogP contribution in [0.3, 0.4) is 0 Å². The molecule has 0 atom stereocenters. The predicted molar refractivity (Wildman–Crippen MR) is 108 cm³/mol. The van der Waals surface area contributed by atoms with Gasteiger partial charge in [-0.05, 0) is 29.8 Å². The lowest BCUT2D eigenvalue weighted by Crippen LogP contribution is -2.21. The second kappa shape index (κ2) is 9.92. The number of para-hydroxylation sites is 3. The number of carbonyl (C=O) groups is 2. The molecule has 142 valence electrons. The van der Waals surface area contributed by atoms with Crippen molar-refractivity contribution in [1.29, 1.82) is 0 Å². The molecule has 0 aromatic heterocycles. The molecule has 3 aromatic carbocycles. The van der Waals surface area contributed by atoms with Gasteiger partial charge in [-0.3, -0.25) is 9.59 Å². The SMILES string of the molecule is O=Cc1ccccc1OCC(=O)Nc1ccccc1OCCc1ccccc1. The third-order valence-electron chi connectivity index (χ3n) is 4.06. The molecule has 0 bridgehead atoms. The van der Waals surface area contributed by atoms with E-state index in [0.29, 0.717) is 35.6 Å². The molecule has 0 spiro atoms. The van der Waals surface area contributed by atoms with E-state index in [1.807, 2.05) is 48.5 Å². The molecule has 5 nitrogen and oxygen atoms in total. The van der Waals surface area contributed by atoms with Crippen molar-refractivity contribution in [3.8, 4) is 11.5 Å². The van der Waals surface area contributed by atoms with E-state index in [4.69, 9.17) is 9.47 Å². The number of aldehydes is 1. The van der Waals surface area contributed by atoms with Crippen molar-refractivity contribution in [3.05, 3.63) is 90.0 Å². The fraction of sp³-hybridized carbons (Fsp3) is 0.130. The van der Waals surface area contributed by atoms with Gasteiger partial charge >= 0.3 is 0 Å². The summed E-state index contributed by atoms with van der Waals surface area (Å²) < 4.78 is 11.3. The van der Waals surface area contributed by atoms with Crippen molar-refractivity contribution in [2.75, 3.05) is 18.5 Å². The summed E-state index contributed by atoms with van der Waals surface area (Å²) in [5.41, 5.74) is 2.17. The Morgan fingerprint density at radius 1 is 0.821 bits per heavy atom. The largest absolute Gasteiger partial charge is 0.491 e. The summed E-state index contributed by atoms with van der Waals surface area (Å²) in [6.45, 7) is 0.295. The Morgan fingerprint density at radius 3 is 2.29 bits per heavy atom. The van der Waals surface area contributed by atoms with Crippen molar-refractivity contribution in [2.45, 2.75) is 6.42 Å². The van der Waals surface area contributed by atoms with Crippen molar-refractivity contribution in [2.24, 2.45) is 0 Å². The number of nitrogens with one attached hydrogen (secondary N) is 1. The number of rotatable bonds is 9. The highest BCUT2D eigenvalue weighted by Crippen LogP contribution is 2.24. The van der Waals surface area contributed by atoms with E-state index in [0.717, 1.165) is 6.42 Å². The summed E-state index contributed by atoms with van der Waals surface area (Å²) in [5.74, 6) is 0.639. The van der Waals surface area contributed by atoms with Crippen LogP contribution in [-0.2, 0) is 11.2 Å². The summed E-state index contributed by atoms with van der Waals surface area (Å²) in [4.78, 5) is 23.3. The van der Waals surface area contributed by atoms with Gasteiger partial charge < -0.3 is 14.8 Å². The smallest absolute Gasteiger partial charge is 0.262 e. The maximum Gasteiger partial charge on any atom is 0.262 e. The molecular formula is C23H21NO4. The highest BCUT2D eigenvalue weighted by Gasteiger charge is 2.10. The number of carbonyl (C=O) groups excluding carboxylic acids is 2.